The lowest BCUT2D eigenvalue weighted by Crippen LogP contribution is -2.25. The van der Waals surface area contributed by atoms with Gasteiger partial charge in [0, 0.05) is 0 Å². The maximum absolute atomic E-state index is 10.6. The van der Waals surface area contributed by atoms with E-state index in [0.717, 1.165) is 0 Å². The van der Waals surface area contributed by atoms with Gasteiger partial charge in [-0.25, -0.2) is 4.98 Å². The molecule has 0 aliphatic carbocycles. The summed E-state index contributed by atoms with van der Waals surface area (Å²) in [4.78, 5) is 14.5. The van der Waals surface area contributed by atoms with Gasteiger partial charge < -0.3 is 14.8 Å². The van der Waals surface area contributed by atoms with Crippen LogP contribution in [-0.2, 0) is 11.3 Å². The SMILES string of the molecule is Cc1ocnc1CNC(=O)CO. The third-order valence-electron chi connectivity index (χ3n) is 1.44. The van der Waals surface area contributed by atoms with Gasteiger partial charge in [-0.1, -0.05) is 0 Å². The van der Waals surface area contributed by atoms with Crippen LogP contribution in [0, 0.1) is 6.92 Å². The third kappa shape index (κ3) is 2.06. The summed E-state index contributed by atoms with van der Waals surface area (Å²) in [5.74, 6) is 0.255. The van der Waals surface area contributed by atoms with Gasteiger partial charge >= 0.3 is 0 Å². The molecule has 0 spiro atoms. The number of hydrogen-bond acceptors (Lipinski definition) is 4. The Morgan fingerprint density at radius 2 is 2.58 bits per heavy atom. The average molecular weight is 170 g/mol. The van der Waals surface area contributed by atoms with Crippen molar-refractivity contribution in [3.05, 3.63) is 17.8 Å². The average Bonchev–Trinajstić information content (AvgIpc) is 2.47. The van der Waals surface area contributed by atoms with Crippen LogP contribution in [0.4, 0.5) is 0 Å². The summed E-state index contributed by atoms with van der Waals surface area (Å²) >= 11 is 0. The molecule has 0 aliphatic heterocycles. The van der Waals surface area contributed by atoms with Crippen LogP contribution in [0.1, 0.15) is 11.5 Å². The molecule has 1 aromatic heterocycles. The number of nitrogens with zero attached hydrogens (tertiary/aromatic N) is 1. The molecule has 0 radical (unpaired) electrons. The monoisotopic (exact) mass is 170 g/mol. The number of aromatic nitrogens is 1. The van der Waals surface area contributed by atoms with Crippen molar-refractivity contribution in [2.24, 2.45) is 0 Å². The fraction of sp³-hybridized carbons (Fsp3) is 0.429. The van der Waals surface area contributed by atoms with E-state index < -0.39 is 12.5 Å². The summed E-state index contributed by atoms with van der Waals surface area (Å²) in [5, 5.41) is 10.8. The van der Waals surface area contributed by atoms with E-state index in [-0.39, 0.29) is 0 Å². The Balaban J connectivity index is 2.43. The van der Waals surface area contributed by atoms with Crippen LogP contribution in [0.15, 0.2) is 10.8 Å². The predicted molar refractivity (Wildman–Crippen MR) is 40.2 cm³/mol. The first kappa shape index (κ1) is 8.73. The Hall–Kier alpha value is -1.36. The van der Waals surface area contributed by atoms with Crippen molar-refractivity contribution >= 4 is 5.91 Å². The minimum atomic E-state index is -0.503. The van der Waals surface area contributed by atoms with E-state index in [9.17, 15) is 4.79 Å². The van der Waals surface area contributed by atoms with Gasteiger partial charge in [0.05, 0.1) is 6.54 Å². The number of carbonyl (C=O) groups excluding carboxylic acids is 1. The maximum Gasteiger partial charge on any atom is 0.246 e. The van der Waals surface area contributed by atoms with E-state index in [0.29, 0.717) is 18.0 Å². The fourth-order valence-corrected chi connectivity index (χ4v) is 0.736. The molecule has 12 heavy (non-hydrogen) atoms. The van der Waals surface area contributed by atoms with E-state index >= 15 is 0 Å². The first-order valence-corrected chi connectivity index (χ1v) is 3.50. The summed E-state index contributed by atoms with van der Waals surface area (Å²) in [5.41, 5.74) is 0.678. The van der Waals surface area contributed by atoms with E-state index in [2.05, 4.69) is 10.3 Å². The highest BCUT2D eigenvalue weighted by Crippen LogP contribution is 2.02. The summed E-state index contributed by atoms with van der Waals surface area (Å²) in [7, 11) is 0. The van der Waals surface area contributed by atoms with Crippen LogP contribution in [-0.4, -0.2) is 22.6 Å². The van der Waals surface area contributed by atoms with Gasteiger partial charge in [0.1, 0.15) is 18.1 Å². The number of amides is 1. The van der Waals surface area contributed by atoms with E-state index in [1.165, 1.54) is 6.39 Å². The van der Waals surface area contributed by atoms with E-state index in [1.807, 2.05) is 0 Å². The first-order chi connectivity index (χ1) is 5.74. The normalized spacial score (nSPS) is 9.83. The Morgan fingerprint density at radius 3 is 3.08 bits per heavy atom. The second-order valence-electron chi connectivity index (χ2n) is 2.29. The summed E-state index contributed by atoms with van der Waals surface area (Å²) in [6, 6.07) is 0. The molecule has 5 heteroatoms. The minimum Gasteiger partial charge on any atom is -0.448 e. The van der Waals surface area contributed by atoms with Crippen LogP contribution in [0.3, 0.4) is 0 Å². The fourth-order valence-electron chi connectivity index (χ4n) is 0.736. The van der Waals surface area contributed by atoms with Gasteiger partial charge in [-0.2, -0.15) is 0 Å². The highest BCUT2D eigenvalue weighted by Gasteiger charge is 2.04. The highest BCUT2D eigenvalue weighted by molar-refractivity contribution is 5.76. The number of aliphatic hydroxyl groups excluding tert-OH is 1. The Kier molecular flexibility index (Phi) is 2.82. The van der Waals surface area contributed by atoms with Crippen molar-refractivity contribution in [1.29, 1.82) is 0 Å². The molecule has 0 unspecified atom stereocenters. The zero-order chi connectivity index (χ0) is 8.97. The molecule has 0 saturated heterocycles. The molecule has 5 nitrogen and oxygen atoms in total. The van der Waals surface area contributed by atoms with Gasteiger partial charge in [0.15, 0.2) is 6.39 Å². The summed E-state index contributed by atoms with van der Waals surface area (Å²) in [6.45, 7) is 1.55. The topological polar surface area (TPSA) is 75.4 Å². The summed E-state index contributed by atoms with van der Waals surface area (Å²) < 4.78 is 4.91. The lowest BCUT2D eigenvalue weighted by molar-refractivity contribution is -0.123. The molecule has 0 saturated carbocycles. The van der Waals surface area contributed by atoms with E-state index in [4.69, 9.17) is 9.52 Å². The third-order valence-corrected chi connectivity index (χ3v) is 1.44. The standard InChI is InChI=1S/C7H10N2O3/c1-5-6(9-4-12-5)2-8-7(11)3-10/h4,10H,2-3H2,1H3,(H,8,11). The number of oxazole rings is 1. The lowest BCUT2D eigenvalue weighted by atomic mass is 10.3. The van der Waals surface area contributed by atoms with Gasteiger partial charge in [-0.3, -0.25) is 4.79 Å². The zero-order valence-electron chi connectivity index (χ0n) is 6.70. The van der Waals surface area contributed by atoms with Crippen molar-refractivity contribution in [1.82, 2.24) is 10.3 Å². The quantitative estimate of drug-likeness (QED) is 0.646. The van der Waals surface area contributed by atoms with Crippen LogP contribution in [0.25, 0.3) is 0 Å². The smallest absolute Gasteiger partial charge is 0.246 e. The van der Waals surface area contributed by atoms with Crippen molar-refractivity contribution in [3.8, 4) is 0 Å². The van der Waals surface area contributed by atoms with Crippen LogP contribution >= 0.6 is 0 Å². The number of hydrogen-bond donors (Lipinski definition) is 2. The van der Waals surface area contributed by atoms with Gasteiger partial charge in [-0.05, 0) is 6.92 Å². The Bertz CT molecular complexity index is 269. The van der Waals surface area contributed by atoms with Gasteiger partial charge in [-0.15, -0.1) is 0 Å². The Labute approximate surface area is 69.4 Å². The van der Waals surface area contributed by atoms with Crippen molar-refractivity contribution < 1.29 is 14.3 Å². The molecule has 0 atom stereocenters. The number of aryl methyl sites for hydroxylation is 1. The van der Waals surface area contributed by atoms with Crippen LogP contribution in [0.5, 0.6) is 0 Å². The van der Waals surface area contributed by atoms with Crippen molar-refractivity contribution in [3.63, 3.8) is 0 Å². The number of aliphatic hydroxyl groups is 1. The van der Waals surface area contributed by atoms with Gasteiger partial charge in [0.25, 0.3) is 0 Å². The number of nitrogens with one attached hydrogen (secondary N) is 1. The second kappa shape index (κ2) is 3.87. The second-order valence-corrected chi connectivity index (χ2v) is 2.29. The number of rotatable bonds is 3. The largest absolute Gasteiger partial charge is 0.448 e. The molecule has 0 bridgehead atoms. The first-order valence-electron chi connectivity index (χ1n) is 3.50. The minimum absolute atomic E-state index is 0.293. The summed E-state index contributed by atoms with van der Waals surface area (Å²) in [6.07, 6.45) is 1.32. The highest BCUT2D eigenvalue weighted by atomic mass is 16.3. The molecule has 1 heterocycles. The molecule has 1 aromatic rings. The predicted octanol–water partition coefficient (Wildman–Crippen LogP) is -0.408. The van der Waals surface area contributed by atoms with Gasteiger partial charge in [0.2, 0.25) is 5.91 Å². The zero-order valence-corrected chi connectivity index (χ0v) is 6.70. The Morgan fingerprint density at radius 1 is 1.83 bits per heavy atom. The maximum atomic E-state index is 10.6. The molecule has 2 N–H and O–H groups in total. The number of carbonyl (C=O) groups is 1. The molecular weight excluding hydrogens is 160 g/mol. The van der Waals surface area contributed by atoms with Crippen LogP contribution < -0.4 is 5.32 Å². The van der Waals surface area contributed by atoms with Crippen molar-refractivity contribution in [2.45, 2.75) is 13.5 Å². The molecule has 1 amide bonds. The molecule has 1 rings (SSSR count). The molecule has 0 fully saturated rings. The van der Waals surface area contributed by atoms with Crippen molar-refractivity contribution in [2.75, 3.05) is 6.61 Å². The molecular formula is C7H10N2O3. The molecule has 0 aliphatic rings. The molecule has 0 aromatic carbocycles. The van der Waals surface area contributed by atoms with Crippen LogP contribution in [0.2, 0.25) is 0 Å². The molecule has 66 valence electrons. The van der Waals surface area contributed by atoms with E-state index in [1.54, 1.807) is 6.92 Å². The lowest BCUT2D eigenvalue weighted by Gasteiger charge is -1.99.